The van der Waals surface area contributed by atoms with Gasteiger partial charge in [-0.1, -0.05) is 11.6 Å². The van der Waals surface area contributed by atoms with E-state index in [-0.39, 0.29) is 29.6 Å². The van der Waals surface area contributed by atoms with E-state index in [1.165, 1.54) is 12.1 Å². The minimum absolute atomic E-state index is 0.0595. The summed E-state index contributed by atoms with van der Waals surface area (Å²) in [6.45, 7) is 1.85. The van der Waals surface area contributed by atoms with E-state index in [4.69, 9.17) is 20.4 Å². The van der Waals surface area contributed by atoms with Crippen LogP contribution in [0.15, 0.2) is 51.3 Å². The van der Waals surface area contributed by atoms with E-state index >= 15 is 0 Å². The number of aromatic nitrogens is 1. The summed E-state index contributed by atoms with van der Waals surface area (Å²) in [5.74, 6) is 1.24. The van der Waals surface area contributed by atoms with Gasteiger partial charge in [0.25, 0.3) is 0 Å². The molecule has 0 spiro atoms. The number of hydrogen-bond donors (Lipinski definition) is 1. The van der Waals surface area contributed by atoms with Crippen molar-refractivity contribution in [1.82, 2.24) is 10.3 Å². The molecule has 1 aliphatic carbocycles. The number of halogens is 2. The molecular weight excluding hydrogens is 395 g/mol. The molecule has 3 atom stereocenters. The topological polar surface area (TPSA) is 68.3 Å². The zero-order valence-electron chi connectivity index (χ0n) is 15.6. The lowest BCUT2D eigenvalue weighted by molar-refractivity contribution is -0.122. The fourth-order valence-electron chi connectivity index (χ4n) is 3.71. The summed E-state index contributed by atoms with van der Waals surface area (Å²) < 4.78 is 24.9. The molecule has 0 aliphatic heterocycles. The summed E-state index contributed by atoms with van der Waals surface area (Å²) in [7, 11) is 0. The number of hydrogen-bond acceptors (Lipinski definition) is 4. The molecule has 0 bridgehead atoms. The van der Waals surface area contributed by atoms with Crippen LogP contribution in [0.25, 0.3) is 22.1 Å². The van der Waals surface area contributed by atoms with E-state index < -0.39 is 0 Å². The van der Waals surface area contributed by atoms with Crippen LogP contribution in [0.5, 0.6) is 0 Å². The first-order valence-corrected chi connectivity index (χ1v) is 9.88. The fourth-order valence-corrected chi connectivity index (χ4v) is 3.88. The van der Waals surface area contributed by atoms with E-state index in [0.717, 1.165) is 11.9 Å². The maximum absolute atomic E-state index is 13.3. The molecule has 1 fully saturated rings. The molecule has 4 aromatic rings. The van der Waals surface area contributed by atoms with Gasteiger partial charge in [0.2, 0.25) is 5.91 Å². The van der Waals surface area contributed by atoms with Crippen molar-refractivity contribution in [3.63, 3.8) is 0 Å². The second-order valence-electron chi connectivity index (χ2n) is 7.59. The normalized spacial score (nSPS) is 19.6. The second kappa shape index (κ2) is 6.88. The third-order valence-electron chi connectivity index (χ3n) is 5.36. The van der Waals surface area contributed by atoms with Gasteiger partial charge in [-0.25, -0.2) is 9.37 Å². The van der Waals surface area contributed by atoms with Gasteiger partial charge in [0.1, 0.15) is 22.7 Å². The van der Waals surface area contributed by atoms with Gasteiger partial charge in [-0.3, -0.25) is 4.79 Å². The maximum atomic E-state index is 13.3. The van der Waals surface area contributed by atoms with Crippen molar-refractivity contribution < 1.29 is 18.0 Å². The molecule has 0 saturated heterocycles. The zero-order chi connectivity index (χ0) is 20.1. The van der Waals surface area contributed by atoms with Gasteiger partial charge in [-0.05, 0) is 61.7 Å². The van der Waals surface area contributed by atoms with Crippen LogP contribution in [0.3, 0.4) is 0 Å². The van der Waals surface area contributed by atoms with Gasteiger partial charge in [-0.15, -0.1) is 0 Å². The van der Waals surface area contributed by atoms with Crippen LogP contribution in [-0.4, -0.2) is 10.9 Å². The maximum Gasteiger partial charge on any atom is 0.220 e. The Morgan fingerprint density at radius 3 is 2.93 bits per heavy atom. The molecular formula is C22H18ClFN2O3. The monoisotopic (exact) mass is 412 g/mol. The number of nitrogens with one attached hydrogen (secondary N) is 1. The smallest absolute Gasteiger partial charge is 0.220 e. The second-order valence-corrected chi connectivity index (χ2v) is 8.03. The SMILES string of the molecule is C[C@@H](NC(=O)C[C@@H]1C[C@H]1c1nc2cc(Cl)ccc2o1)c1cc2cc(F)ccc2o1. The van der Waals surface area contributed by atoms with E-state index in [9.17, 15) is 9.18 Å². The van der Waals surface area contributed by atoms with Gasteiger partial charge in [-0.2, -0.15) is 0 Å². The highest BCUT2D eigenvalue weighted by molar-refractivity contribution is 6.31. The highest BCUT2D eigenvalue weighted by Crippen LogP contribution is 2.49. The van der Waals surface area contributed by atoms with E-state index in [0.29, 0.717) is 39.6 Å². The quantitative estimate of drug-likeness (QED) is 0.454. The summed E-state index contributed by atoms with van der Waals surface area (Å²) in [5, 5.41) is 4.25. The van der Waals surface area contributed by atoms with Gasteiger partial charge in [0.05, 0.1) is 6.04 Å². The Balaban J connectivity index is 1.21. The van der Waals surface area contributed by atoms with Crippen molar-refractivity contribution in [3.05, 3.63) is 65.0 Å². The number of furan rings is 1. The minimum Gasteiger partial charge on any atom is -0.459 e. The zero-order valence-corrected chi connectivity index (χ0v) is 16.4. The van der Waals surface area contributed by atoms with Crippen LogP contribution >= 0.6 is 11.6 Å². The van der Waals surface area contributed by atoms with Crippen molar-refractivity contribution in [2.45, 2.75) is 31.7 Å². The molecule has 0 radical (unpaired) electrons. The molecule has 2 aromatic heterocycles. The number of rotatable bonds is 5. The Bertz CT molecular complexity index is 1230. The largest absolute Gasteiger partial charge is 0.459 e. The number of benzene rings is 2. The molecule has 7 heteroatoms. The van der Waals surface area contributed by atoms with Gasteiger partial charge < -0.3 is 14.2 Å². The molecule has 29 heavy (non-hydrogen) atoms. The summed E-state index contributed by atoms with van der Waals surface area (Å²) in [6, 6.07) is 11.2. The predicted molar refractivity (Wildman–Crippen MR) is 107 cm³/mol. The Hall–Kier alpha value is -2.86. The number of fused-ring (bicyclic) bond motifs is 2. The number of nitrogens with zero attached hydrogens (tertiary/aromatic N) is 1. The van der Waals surface area contributed by atoms with Crippen molar-refractivity contribution in [2.75, 3.05) is 0 Å². The van der Waals surface area contributed by atoms with Crippen LogP contribution < -0.4 is 5.32 Å². The van der Waals surface area contributed by atoms with Crippen LogP contribution in [-0.2, 0) is 4.79 Å². The lowest BCUT2D eigenvalue weighted by Crippen LogP contribution is -2.26. The summed E-state index contributed by atoms with van der Waals surface area (Å²) >= 11 is 5.99. The molecule has 148 valence electrons. The Labute approximate surface area is 170 Å². The summed E-state index contributed by atoms with van der Waals surface area (Å²) in [5.41, 5.74) is 2.04. The van der Waals surface area contributed by atoms with Crippen LogP contribution in [0.4, 0.5) is 4.39 Å². The first-order valence-electron chi connectivity index (χ1n) is 9.50. The lowest BCUT2D eigenvalue weighted by Gasteiger charge is -2.11. The molecule has 1 saturated carbocycles. The fraction of sp³-hybridized carbons (Fsp3) is 0.273. The van der Waals surface area contributed by atoms with Crippen LogP contribution in [0, 0.1) is 11.7 Å². The molecule has 1 amide bonds. The van der Waals surface area contributed by atoms with Crippen LogP contribution in [0.1, 0.15) is 43.4 Å². The van der Waals surface area contributed by atoms with Crippen molar-refractivity contribution in [1.29, 1.82) is 0 Å². The lowest BCUT2D eigenvalue weighted by atomic mass is 10.2. The van der Waals surface area contributed by atoms with Crippen molar-refractivity contribution >= 4 is 39.6 Å². The summed E-state index contributed by atoms with van der Waals surface area (Å²) in [6.07, 6.45) is 1.26. The molecule has 5 rings (SSSR count). The molecule has 2 aromatic carbocycles. The van der Waals surface area contributed by atoms with E-state index in [1.54, 1.807) is 30.3 Å². The molecule has 2 heterocycles. The van der Waals surface area contributed by atoms with E-state index in [2.05, 4.69) is 10.3 Å². The van der Waals surface area contributed by atoms with Gasteiger partial charge in [0.15, 0.2) is 11.5 Å². The predicted octanol–water partition coefficient (Wildman–Crippen LogP) is 5.74. The average Bonchev–Trinajstić information content (AvgIpc) is 3.11. The molecule has 0 unspecified atom stereocenters. The molecule has 5 nitrogen and oxygen atoms in total. The Kier molecular flexibility index (Phi) is 4.32. The van der Waals surface area contributed by atoms with E-state index in [1.807, 2.05) is 6.92 Å². The third-order valence-corrected chi connectivity index (χ3v) is 5.59. The van der Waals surface area contributed by atoms with Gasteiger partial charge >= 0.3 is 0 Å². The number of amides is 1. The average molecular weight is 413 g/mol. The number of carbonyl (C=O) groups excluding carboxylic acids is 1. The first kappa shape index (κ1) is 18.2. The number of carbonyl (C=O) groups is 1. The molecule has 1 aliphatic rings. The third kappa shape index (κ3) is 3.60. The van der Waals surface area contributed by atoms with Crippen molar-refractivity contribution in [2.24, 2.45) is 5.92 Å². The molecule has 1 N–H and O–H groups in total. The Morgan fingerprint density at radius 1 is 1.24 bits per heavy atom. The highest BCUT2D eigenvalue weighted by Gasteiger charge is 2.43. The Morgan fingerprint density at radius 2 is 2.07 bits per heavy atom. The van der Waals surface area contributed by atoms with Crippen LogP contribution in [0.2, 0.25) is 5.02 Å². The number of oxazole rings is 1. The van der Waals surface area contributed by atoms with Gasteiger partial charge in [0, 0.05) is 22.7 Å². The summed E-state index contributed by atoms with van der Waals surface area (Å²) in [4.78, 5) is 17.0. The first-order chi connectivity index (χ1) is 14.0. The standard InChI is InChI=1S/C22H18ClFN2O3/c1-11(20-8-13-6-15(24)3-5-18(13)28-20)25-21(27)9-12-7-16(12)22-26-17-10-14(23)2-4-19(17)29-22/h2-6,8,10-12,16H,7,9H2,1H3,(H,25,27)/t11-,12+,16-/m1/s1. The van der Waals surface area contributed by atoms with Crippen molar-refractivity contribution in [3.8, 4) is 0 Å². The highest BCUT2D eigenvalue weighted by atomic mass is 35.5. The minimum atomic E-state index is -0.317.